The molecule has 2 aromatic carbocycles. The van der Waals surface area contributed by atoms with Gasteiger partial charge in [-0.2, -0.15) is 0 Å². The molecule has 0 bridgehead atoms. The predicted molar refractivity (Wildman–Crippen MR) is 132 cm³/mol. The molecule has 2 N–H and O–H groups in total. The molecule has 1 saturated carbocycles. The first-order valence-electron chi connectivity index (χ1n) is 11.0. The molecule has 0 radical (unpaired) electrons. The van der Waals surface area contributed by atoms with Gasteiger partial charge in [-0.15, -0.1) is 11.3 Å². The van der Waals surface area contributed by atoms with Gasteiger partial charge in [-0.25, -0.2) is 9.18 Å². The van der Waals surface area contributed by atoms with E-state index in [1.165, 1.54) is 17.8 Å². The minimum Gasteiger partial charge on any atom is -0.478 e. The Labute approximate surface area is 193 Å². The highest BCUT2D eigenvalue weighted by atomic mass is 32.1. The normalized spacial score (nSPS) is 13.1. The Morgan fingerprint density at radius 1 is 1.09 bits per heavy atom. The summed E-state index contributed by atoms with van der Waals surface area (Å²) in [6.07, 6.45) is 2.04. The van der Waals surface area contributed by atoms with E-state index in [0.717, 1.165) is 35.1 Å². The quantitative estimate of drug-likeness (QED) is 0.384. The molecule has 1 aliphatic rings. The number of halogens is 1. The van der Waals surface area contributed by atoms with Gasteiger partial charge in [-0.05, 0) is 36.5 Å². The highest BCUT2D eigenvalue weighted by molar-refractivity contribution is 7.15. The predicted octanol–water partition coefficient (Wildman–Crippen LogP) is 7.88. The van der Waals surface area contributed by atoms with Crippen molar-refractivity contribution in [1.82, 2.24) is 0 Å². The number of alkyl halides is 1. The van der Waals surface area contributed by atoms with E-state index in [-0.39, 0.29) is 12.0 Å². The maximum Gasteiger partial charge on any atom is 0.339 e. The Kier molecular flexibility index (Phi) is 8.23. The van der Waals surface area contributed by atoms with E-state index in [1.807, 2.05) is 66.9 Å². The van der Waals surface area contributed by atoms with Gasteiger partial charge >= 0.3 is 5.97 Å². The molecular weight excluding hydrogens is 421 g/mol. The van der Waals surface area contributed by atoms with Crippen molar-refractivity contribution in [3.05, 3.63) is 87.9 Å². The van der Waals surface area contributed by atoms with Crippen LogP contribution >= 0.6 is 11.3 Å². The zero-order valence-corrected chi connectivity index (χ0v) is 19.6. The van der Waals surface area contributed by atoms with Crippen LogP contribution < -0.4 is 5.32 Å². The number of nitrogens with one attached hydrogen (secondary N) is 1. The number of allylic oxidation sites excluding steroid dienone is 2. The van der Waals surface area contributed by atoms with Crippen molar-refractivity contribution in [3.8, 4) is 11.1 Å². The standard InChI is InChI=1S/C24H22FNO2S.C3H8/c1-15-7-9-17(10-8-15)19-14-29-23(21(19)24(27)28)26-22(18-11-12-18)20(25)13-16-5-3-2-4-6-16;1-3-2/h2-10,14,20,26H,11-13H2,1H3,(H,27,28);3H2,1-2H3. The molecule has 168 valence electrons. The lowest BCUT2D eigenvalue weighted by Gasteiger charge is -2.16. The van der Waals surface area contributed by atoms with Crippen molar-refractivity contribution < 1.29 is 14.3 Å². The van der Waals surface area contributed by atoms with Crippen LogP contribution in [0.5, 0.6) is 0 Å². The summed E-state index contributed by atoms with van der Waals surface area (Å²) < 4.78 is 15.2. The lowest BCUT2D eigenvalue weighted by Crippen LogP contribution is -2.16. The largest absolute Gasteiger partial charge is 0.478 e. The fraction of sp³-hybridized carbons (Fsp3) is 0.296. The van der Waals surface area contributed by atoms with Crippen molar-refractivity contribution in [2.75, 3.05) is 5.32 Å². The number of rotatable bonds is 7. The first-order valence-corrected chi connectivity index (χ1v) is 11.9. The van der Waals surface area contributed by atoms with Gasteiger partial charge in [-0.1, -0.05) is 80.4 Å². The average Bonchev–Trinajstić information content (AvgIpc) is 3.52. The number of carboxylic acid groups (broad SMARTS) is 1. The number of hydrogen-bond acceptors (Lipinski definition) is 3. The average molecular weight is 452 g/mol. The Morgan fingerprint density at radius 3 is 2.28 bits per heavy atom. The molecule has 1 heterocycles. The van der Waals surface area contributed by atoms with Gasteiger partial charge in [-0.3, -0.25) is 0 Å². The molecule has 1 aromatic heterocycles. The summed E-state index contributed by atoms with van der Waals surface area (Å²) in [6, 6.07) is 17.3. The number of carboxylic acids is 1. The molecule has 0 saturated heterocycles. The van der Waals surface area contributed by atoms with Crippen molar-refractivity contribution in [1.29, 1.82) is 0 Å². The second kappa shape index (κ2) is 11.1. The fourth-order valence-corrected chi connectivity index (χ4v) is 4.35. The zero-order valence-electron chi connectivity index (χ0n) is 18.8. The molecule has 0 spiro atoms. The summed E-state index contributed by atoms with van der Waals surface area (Å²) in [5, 5.41) is 15.3. The molecule has 0 aliphatic heterocycles. The maximum atomic E-state index is 15.2. The second-order valence-electron chi connectivity index (χ2n) is 8.03. The van der Waals surface area contributed by atoms with Crippen molar-refractivity contribution in [2.24, 2.45) is 0 Å². The second-order valence-corrected chi connectivity index (χ2v) is 8.91. The van der Waals surface area contributed by atoms with Crippen molar-refractivity contribution in [3.63, 3.8) is 0 Å². The summed E-state index contributed by atoms with van der Waals surface area (Å²) in [5.74, 6) is -1.01. The van der Waals surface area contributed by atoms with Crippen LogP contribution in [0, 0.1) is 6.92 Å². The van der Waals surface area contributed by atoms with Crippen LogP contribution in [0.3, 0.4) is 0 Å². The van der Waals surface area contributed by atoms with Gasteiger partial charge in [0.2, 0.25) is 0 Å². The molecule has 4 rings (SSSR count). The Bertz CT molecular complexity index is 1060. The van der Waals surface area contributed by atoms with Gasteiger partial charge in [0.05, 0.1) is 5.70 Å². The van der Waals surface area contributed by atoms with E-state index in [9.17, 15) is 9.90 Å². The Morgan fingerprint density at radius 2 is 1.72 bits per heavy atom. The van der Waals surface area contributed by atoms with E-state index in [4.69, 9.17) is 0 Å². The fourth-order valence-electron chi connectivity index (χ4n) is 3.37. The summed E-state index contributed by atoms with van der Waals surface area (Å²) in [5.41, 5.74) is 5.29. The van der Waals surface area contributed by atoms with Crippen LogP contribution in [0.1, 0.15) is 54.6 Å². The summed E-state index contributed by atoms with van der Waals surface area (Å²) in [6.45, 7) is 6.24. The number of aromatic carboxylic acids is 1. The summed E-state index contributed by atoms with van der Waals surface area (Å²) in [4.78, 5) is 12.0. The molecule has 0 amide bonds. The number of aryl methyl sites for hydroxylation is 1. The molecule has 32 heavy (non-hydrogen) atoms. The maximum absolute atomic E-state index is 15.2. The lowest BCUT2D eigenvalue weighted by atomic mass is 10.0. The minimum atomic E-state index is -1.19. The van der Waals surface area contributed by atoms with E-state index < -0.39 is 12.1 Å². The number of thiophene rings is 1. The third-order valence-electron chi connectivity index (χ3n) is 5.07. The molecule has 1 unspecified atom stereocenters. The summed E-state index contributed by atoms with van der Waals surface area (Å²) >= 11 is 1.31. The molecule has 5 heteroatoms. The smallest absolute Gasteiger partial charge is 0.339 e. The van der Waals surface area contributed by atoms with Gasteiger partial charge < -0.3 is 10.4 Å². The molecular formula is C27H30FNO2S. The first-order chi connectivity index (χ1) is 15.4. The van der Waals surface area contributed by atoms with Gasteiger partial charge in [0, 0.05) is 17.4 Å². The van der Waals surface area contributed by atoms with Gasteiger partial charge in [0.25, 0.3) is 0 Å². The number of anilines is 1. The highest BCUT2D eigenvalue weighted by Crippen LogP contribution is 2.40. The molecule has 1 atom stereocenters. The highest BCUT2D eigenvalue weighted by Gasteiger charge is 2.28. The van der Waals surface area contributed by atoms with Crippen LogP contribution in [0.2, 0.25) is 0 Å². The third-order valence-corrected chi connectivity index (χ3v) is 5.96. The molecule has 3 nitrogen and oxygen atoms in total. The van der Waals surface area contributed by atoms with E-state index in [0.29, 0.717) is 16.3 Å². The monoisotopic (exact) mass is 451 g/mol. The number of hydrogen-bond donors (Lipinski definition) is 2. The van der Waals surface area contributed by atoms with Crippen LogP contribution in [0.15, 0.2) is 71.2 Å². The zero-order chi connectivity index (χ0) is 23.1. The lowest BCUT2D eigenvalue weighted by molar-refractivity contribution is 0.0699. The molecule has 1 aliphatic carbocycles. The van der Waals surface area contributed by atoms with Crippen LogP contribution in [-0.4, -0.2) is 17.2 Å². The van der Waals surface area contributed by atoms with E-state index >= 15 is 4.39 Å². The SMILES string of the molecule is CCC.Cc1ccc(-c2csc(NC(=C3CC3)C(F)Cc3ccccc3)c2C(=O)O)cc1. The Hall–Kier alpha value is -2.92. The summed E-state index contributed by atoms with van der Waals surface area (Å²) in [7, 11) is 0. The van der Waals surface area contributed by atoms with E-state index in [2.05, 4.69) is 19.2 Å². The number of carbonyl (C=O) groups is 1. The molecule has 1 fully saturated rings. The van der Waals surface area contributed by atoms with Crippen molar-refractivity contribution >= 4 is 22.3 Å². The van der Waals surface area contributed by atoms with Crippen LogP contribution in [0.4, 0.5) is 9.39 Å². The first kappa shape index (κ1) is 23.7. The minimum absolute atomic E-state index is 0.199. The third kappa shape index (κ3) is 6.07. The van der Waals surface area contributed by atoms with E-state index in [1.54, 1.807) is 0 Å². The topological polar surface area (TPSA) is 49.3 Å². The molecule has 3 aromatic rings. The van der Waals surface area contributed by atoms with Gasteiger partial charge in [0.15, 0.2) is 0 Å². The Balaban J connectivity index is 0.000000913. The van der Waals surface area contributed by atoms with Crippen LogP contribution in [0.25, 0.3) is 11.1 Å². The van der Waals surface area contributed by atoms with Gasteiger partial charge in [0.1, 0.15) is 16.7 Å². The van der Waals surface area contributed by atoms with Crippen LogP contribution in [-0.2, 0) is 6.42 Å². The van der Waals surface area contributed by atoms with Crippen molar-refractivity contribution in [2.45, 2.75) is 52.6 Å². The number of benzene rings is 2.